The minimum Gasteiger partial charge on any atom is -0.495 e. The highest BCUT2D eigenvalue weighted by Crippen LogP contribution is 2.41. The van der Waals surface area contributed by atoms with Crippen LogP contribution in [0.3, 0.4) is 0 Å². The van der Waals surface area contributed by atoms with Gasteiger partial charge in [-0.2, -0.15) is 0 Å². The second-order valence-electron chi connectivity index (χ2n) is 4.84. The summed E-state index contributed by atoms with van der Waals surface area (Å²) in [6.45, 7) is 0. The van der Waals surface area contributed by atoms with Gasteiger partial charge in [-0.25, -0.2) is 0 Å². The summed E-state index contributed by atoms with van der Waals surface area (Å²) in [6.07, 6.45) is 1.12. The number of fused-ring (bicyclic) bond motifs is 1. The first-order valence-electron chi connectivity index (χ1n) is 6.70. The second-order valence-corrected chi connectivity index (χ2v) is 7.68. The Morgan fingerprint density at radius 2 is 2.00 bits per heavy atom. The Bertz CT molecular complexity index is 663. The number of rotatable bonds is 3. The van der Waals surface area contributed by atoms with Gasteiger partial charge in [0, 0.05) is 21.2 Å². The zero-order valence-corrected chi connectivity index (χ0v) is 15.5. The Morgan fingerprint density at radius 3 is 2.81 bits per heavy atom. The second kappa shape index (κ2) is 6.63. The Kier molecular flexibility index (Phi) is 4.82. The molecular weight excluding hydrogens is 414 g/mol. The number of hydrogen-bond acceptors (Lipinski definition) is 3. The van der Waals surface area contributed by atoms with E-state index in [1.54, 1.807) is 7.11 Å². The van der Waals surface area contributed by atoms with Crippen LogP contribution in [0.25, 0.3) is 0 Å². The molecule has 0 fully saturated rings. The fourth-order valence-electron chi connectivity index (χ4n) is 2.48. The van der Waals surface area contributed by atoms with E-state index in [1.165, 1.54) is 10.5 Å². The Hall–Kier alpha value is -0.650. The normalized spacial score (nSPS) is 17.2. The van der Waals surface area contributed by atoms with E-state index in [-0.39, 0.29) is 0 Å². The van der Waals surface area contributed by atoms with E-state index >= 15 is 0 Å². The van der Waals surface area contributed by atoms with Crippen molar-refractivity contribution in [3.8, 4) is 5.75 Å². The van der Waals surface area contributed by atoms with Crippen molar-refractivity contribution in [2.24, 2.45) is 0 Å². The van der Waals surface area contributed by atoms with E-state index in [0.29, 0.717) is 6.04 Å². The van der Waals surface area contributed by atoms with Crippen molar-refractivity contribution in [3.05, 3.63) is 50.9 Å². The third-order valence-corrected chi connectivity index (χ3v) is 5.93. The van der Waals surface area contributed by atoms with Gasteiger partial charge >= 0.3 is 0 Å². The maximum absolute atomic E-state index is 5.39. The molecule has 1 heterocycles. The van der Waals surface area contributed by atoms with Gasteiger partial charge in [0.15, 0.2) is 0 Å². The van der Waals surface area contributed by atoms with Crippen LogP contribution in [0, 0.1) is 0 Å². The van der Waals surface area contributed by atoms with Crippen LogP contribution in [0.15, 0.2) is 50.2 Å². The average molecular weight is 429 g/mol. The number of ether oxygens (including phenoxy) is 1. The molecule has 0 radical (unpaired) electrons. The highest BCUT2D eigenvalue weighted by Gasteiger charge is 2.21. The van der Waals surface area contributed by atoms with Gasteiger partial charge in [-0.05, 0) is 56.0 Å². The van der Waals surface area contributed by atoms with Crippen LogP contribution in [-0.2, 0) is 0 Å². The SMILES string of the molecule is COc1cc(NC2CCSc3ccccc32)c(Br)cc1Br. The molecule has 21 heavy (non-hydrogen) atoms. The number of nitrogens with one attached hydrogen (secondary N) is 1. The third-order valence-electron chi connectivity index (χ3n) is 3.53. The predicted molar refractivity (Wildman–Crippen MR) is 96.5 cm³/mol. The Labute approximate surface area is 145 Å². The zero-order chi connectivity index (χ0) is 14.8. The van der Waals surface area contributed by atoms with Gasteiger partial charge < -0.3 is 10.1 Å². The summed E-state index contributed by atoms with van der Waals surface area (Å²) in [4.78, 5) is 1.38. The van der Waals surface area contributed by atoms with Crippen LogP contribution < -0.4 is 10.1 Å². The molecule has 1 N–H and O–H groups in total. The van der Waals surface area contributed by atoms with Crippen LogP contribution >= 0.6 is 43.6 Å². The van der Waals surface area contributed by atoms with Crippen LogP contribution in [0.1, 0.15) is 18.0 Å². The predicted octanol–water partition coefficient (Wildman–Crippen LogP) is 5.87. The van der Waals surface area contributed by atoms with Crippen LogP contribution in [0.5, 0.6) is 5.75 Å². The summed E-state index contributed by atoms with van der Waals surface area (Å²) in [7, 11) is 1.68. The van der Waals surface area contributed by atoms with Crippen LogP contribution in [0.4, 0.5) is 5.69 Å². The summed E-state index contributed by atoms with van der Waals surface area (Å²) in [5.74, 6) is 1.97. The summed E-state index contributed by atoms with van der Waals surface area (Å²) in [5.41, 5.74) is 2.43. The number of halogens is 2. The fraction of sp³-hybridized carbons (Fsp3) is 0.250. The highest BCUT2D eigenvalue weighted by atomic mass is 79.9. The molecule has 110 valence electrons. The van der Waals surface area contributed by atoms with Crippen molar-refractivity contribution in [2.45, 2.75) is 17.4 Å². The van der Waals surface area contributed by atoms with E-state index in [2.05, 4.69) is 61.4 Å². The third kappa shape index (κ3) is 3.25. The quantitative estimate of drug-likeness (QED) is 0.660. The molecule has 0 aromatic heterocycles. The minimum absolute atomic E-state index is 0.338. The van der Waals surface area contributed by atoms with Crippen molar-refractivity contribution in [2.75, 3.05) is 18.2 Å². The highest BCUT2D eigenvalue weighted by molar-refractivity contribution is 9.11. The maximum atomic E-state index is 5.39. The lowest BCUT2D eigenvalue weighted by Crippen LogP contribution is -2.16. The van der Waals surface area contributed by atoms with E-state index in [4.69, 9.17) is 4.74 Å². The largest absolute Gasteiger partial charge is 0.495 e. The standard InChI is InChI=1S/C16H15Br2NOS/c1-20-15-9-14(11(17)8-12(15)18)19-13-6-7-21-16-5-3-2-4-10(13)16/h2-5,8-9,13,19H,6-7H2,1H3. The molecule has 1 unspecified atom stereocenters. The molecule has 5 heteroatoms. The van der Waals surface area contributed by atoms with Crippen molar-refractivity contribution in [3.63, 3.8) is 0 Å². The molecule has 3 rings (SSSR count). The van der Waals surface area contributed by atoms with E-state index in [1.807, 2.05) is 23.9 Å². The summed E-state index contributed by atoms with van der Waals surface area (Å²) >= 11 is 9.06. The van der Waals surface area contributed by atoms with E-state index in [0.717, 1.165) is 32.6 Å². The van der Waals surface area contributed by atoms with Gasteiger partial charge in [0.25, 0.3) is 0 Å². The molecule has 0 aliphatic carbocycles. The molecule has 1 aliphatic heterocycles. The molecule has 2 nitrogen and oxygen atoms in total. The number of hydrogen-bond donors (Lipinski definition) is 1. The van der Waals surface area contributed by atoms with Gasteiger partial charge in [-0.15, -0.1) is 11.8 Å². The average Bonchev–Trinajstić information content (AvgIpc) is 2.50. The monoisotopic (exact) mass is 427 g/mol. The molecule has 0 saturated carbocycles. The number of benzene rings is 2. The van der Waals surface area contributed by atoms with Crippen molar-refractivity contribution in [1.29, 1.82) is 0 Å². The Morgan fingerprint density at radius 1 is 1.19 bits per heavy atom. The summed E-state index contributed by atoms with van der Waals surface area (Å²) in [6, 6.07) is 13.0. The lowest BCUT2D eigenvalue weighted by Gasteiger charge is -2.27. The maximum Gasteiger partial charge on any atom is 0.135 e. The topological polar surface area (TPSA) is 21.3 Å². The van der Waals surface area contributed by atoms with Crippen LogP contribution in [-0.4, -0.2) is 12.9 Å². The molecule has 1 atom stereocenters. The summed E-state index contributed by atoms with van der Waals surface area (Å²) < 4.78 is 7.37. The number of methoxy groups -OCH3 is 1. The first-order chi connectivity index (χ1) is 10.2. The van der Waals surface area contributed by atoms with Gasteiger partial charge in [0.2, 0.25) is 0 Å². The first-order valence-corrected chi connectivity index (χ1v) is 9.27. The van der Waals surface area contributed by atoms with E-state index in [9.17, 15) is 0 Å². The number of thioether (sulfide) groups is 1. The molecule has 0 bridgehead atoms. The van der Waals surface area contributed by atoms with Gasteiger partial charge in [0.05, 0.1) is 23.3 Å². The van der Waals surface area contributed by atoms with Crippen LogP contribution in [0.2, 0.25) is 0 Å². The fourth-order valence-corrected chi connectivity index (χ4v) is 4.87. The molecular formula is C16H15Br2NOS. The van der Waals surface area contributed by atoms with Crippen molar-refractivity contribution in [1.82, 2.24) is 0 Å². The van der Waals surface area contributed by atoms with Crippen molar-refractivity contribution < 1.29 is 4.74 Å². The summed E-state index contributed by atoms with van der Waals surface area (Å²) in [5, 5.41) is 3.65. The molecule has 2 aromatic rings. The van der Waals surface area contributed by atoms with E-state index < -0.39 is 0 Å². The molecule has 2 aromatic carbocycles. The molecule has 0 amide bonds. The van der Waals surface area contributed by atoms with Gasteiger partial charge in [-0.1, -0.05) is 18.2 Å². The smallest absolute Gasteiger partial charge is 0.135 e. The molecule has 1 aliphatic rings. The van der Waals surface area contributed by atoms with Gasteiger partial charge in [0.1, 0.15) is 5.75 Å². The molecule has 0 saturated heterocycles. The van der Waals surface area contributed by atoms with Crippen molar-refractivity contribution >= 4 is 49.3 Å². The lowest BCUT2D eigenvalue weighted by atomic mass is 10.0. The lowest BCUT2D eigenvalue weighted by molar-refractivity contribution is 0.412. The van der Waals surface area contributed by atoms with Gasteiger partial charge in [-0.3, -0.25) is 0 Å². The minimum atomic E-state index is 0.338. The number of anilines is 1. The Balaban J connectivity index is 1.91. The zero-order valence-electron chi connectivity index (χ0n) is 11.5. The molecule has 0 spiro atoms. The first kappa shape index (κ1) is 15.3.